The molecule has 8 heteroatoms. The third-order valence-corrected chi connectivity index (χ3v) is 4.52. The van der Waals surface area contributed by atoms with Gasteiger partial charge in [-0.3, -0.25) is 9.59 Å². The maximum absolute atomic E-state index is 13.0. The first-order chi connectivity index (χ1) is 13.0. The number of ether oxygens (including phenoxy) is 1. The molecule has 2 aromatic heterocycles. The summed E-state index contributed by atoms with van der Waals surface area (Å²) in [4.78, 5) is 27.9. The molecular formula is C19H18BrN3O4. The second kappa shape index (κ2) is 8.32. The minimum Gasteiger partial charge on any atom is -0.383 e. The molecule has 0 spiro atoms. The molecule has 1 aromatic carbocycles. The standard InChI is InChI=1S/C19H18BrN3O4/c1-11-16(17(23-27-11)12-3-5-14(20)6-4-12)18(24)13-9-15(22-10-13)19(25)21-7-8-26-2/h3-6,9-10,22H,7-8H2,1-2H3,(H,21,25). The van der Waals surface area contributed by atoms with Crippen molar-refractivity contribution in [1.29, 1.82) is 0 Å². The van der Waals surface area contributed by atoms with Crippen LogP contribution in [-0.2, 0) is 4.74 Å². The van der Waals surface area contributed by atoms with Gasteiger partial charge in [0.2, 0.25) is 0 Å². The first kappa shape index (κ1) is 19.1. The molecule has 1 amide bonds. The number of carbonyl (C=O) groups is 2. The van der Waals surface area contributed by atoms with E-state index in [0.29, 0.717) is 41.4 Å². The van der Waals surface area contributed by atoms with E-state index < -0.39 is 0 Å². The number of nitrogens with zero attached hydrogens (tertiary/aromatic N) is 1. The lowest BCUT2D eigenvalue weighted by atomic mass is 9.99. The summed E-state index contributed by atoms with van der Waals surface area (Å²) >= 11 is 3.39. The van der Waals surface area contributed by atoms with Crippen molar-refractivity contribution in [3.05, 3.63) is 63.6 Å². The van der Waals surface area contributed by atoms with E-state index in [1.165, 1.54) is 12.3 Å². The van der Waals surface area contributed by atoms with E-state index >= 15 is 0 Å². The van der Waals surface area contributed by atoms with Crippen LogP contribution in [0.25, 0.3) is 11.3 Å². The highest BCUT2D eigenvalue weighted by Gasteiger charge is 2.24. The summed E-state index contributed by atoms with van der Waals surface area (Å²) in [6, 6.07) is 8.95. The van der Waals surface area contributed by atoms with Gasteiger partial charge in [0.1, 0.15) is 17.1 Å². The molecule has 2 heterocycles. The van der Waals surface area contributed by atoms with E-state index in [1.807, 2.05) is 24.3 Å². The van der Waals surface area contributed by atoms with E-state index in [-0.39, 0.29) is 11.7 Å². The number of amides is 1. The molecule has 2 N–H and O–H groups in total. The topological polar surface area (TPSA) is 97.2 Å². The Hall–Kier alpha value is -2.71. The Morgan fingerprint density at radius 3 is 2.74 bits per heavy atom. The maximum atomic E-state index is 13.0. The average Bonchev–Trinajstić information content (AvgIpc) is 3.29. The lowest BCUT2D eigenvalue weighted by Crippen LogP contribution is -2.27. The van der Waals surface area contributed by atoms with E-state index in [4.69, 9.17) is 9.26 Å². The lowest BCUT2D eigenvalue weighted by molar-refractivity contribution is 0.0932. The first-order valence-corrected chi connectivity index (χ1v) is 9.03. The van der Waals surface area contributed by atoms with Gasteiger partial charge in [0.15, 0.2) is 5.78 Å². The number of hydrogen-bond acceptors (Lipinski definition) is 5. The lowest BCUT2D eigenvalue weighted by Gasteiger charge is -2.02. The Morgan fingerprint density at radius 1 is 1.30 bits per heavy atom. The number of carbonyl (C=O) groups excluding carboxylic acids is 2. The van der Waals surface area contributed by atoms with Crippen LogP contribution in [0.5, 0.6) is 0 Å². The molecule has 0 unspecified atom stereocenters. The van der Waals surface area contributed by atoms with Crippen LogP contribution in [0.4, 0.5) is 0 Å². The van der Waals surface area contributed by atoms with E-state index in [9.17, 15) is 9.59 Å². The Bertz CT molecular complexity index is 960. The van der Waals surface area contributed by atoms with Gasteiger partial charge >= 0.3 is 0 Å². The van der Waals surface area contributed by atoms with Crippen LogP contribution in [0.1, 0.15) is 32.2 Å². The maximum Gasteiger partial charge on any atom is 0.267 e. The number of aromatic amines is 1. The molecule has 3 aromatic rings. The molecule has 0 bridgehead atoms. The number of aryl methyl sites for hydroxylation is 1. The van der Waals surface area contributed by atoms with Crippen molar-refractivity contribution in [2.75, 3.05) is 20.3 Å². The summed E-state index contributed by atoms with van der Waals surface area (Å²) in [5.41, 5.74) is 2.27. The smallest absolute Gasteiger partial charge is 0.267 e. The van der Waals surface area contributed by atoms with Crippen molar-refractivity contribution in [2.45, 2.75) is 6.92 Å². The molecule has 0 saturated heterocycles. The largest absolute Gasteiger partial charge is 0.383 e. The average molecular weight is 432 g/mol. The molecule has 0 aliphatic carbocycles. The Morgan fingerprint density at radius 2 is 2.04 bits per heavy atom. The highest BCUT2D eigenvalue weighted by Crippen LogP contribution is 2.28. The zero-order valence-electron chi connectivity index (χ0n) is 14.8. The molecule has 0 fully saturated rings. The molecular weight excluding hydrogens is 414 g/mol. The molecule has 27 heavy (non-hydrogen) atoms. The number of H-pyrrole nitrogens is 1. The van der Waals surface area contributed by atoms with Crippen molar-refractivity contribution in [1.82, 2.24) is 15.5 Å². The summed E-state index contributed by atoms with van der Waals surface area (Å²) < 4.78 is 11.1. The van der Waals surface area contributed by atoms with Gasteiger partial charge in [-0.25, -0.2) is 0 Å². The predicted molar refractivity (Wildman–Crippen MR) is 103 cm³/mol. The van der Waals surface area contributed by atoms with Gasteiger partial charge < -0.3 is 19.6 Å². The van der Waals surface area contributed by atoms with Crippen LogP contribution >= 0.6 is 15.9 Å². The first-order valence-electron chi connectivity index (χ1n) is 8.23. The van der Waals surface area contributed by atoms with E-state index in [0.717, 1.165) is 10.0 Å². The van der Waals surface area contributed by atoms with Gasteiger partial charge in [-0.1, -0.05) is 33.2 Å². The number of nitrogens with one attached hydrogen (secondary N) is 2. The minimum atomic E-state index is -0.304. The molecule has 0 atom stereocenters. The van der Waals surface area contributed by atoms with Crippen LogP contribution in [0.3, 0.4) is 0 Å². The Balaban J connectivity index is 1.86. The van der Waals surface area contributed by atoms with Crippen molar-refractivity contribution >= 4 is 27.6 Å². The van der Waals surface area contributed by atoms with Crippen molar-refractivity contribution in [2.24, 2.45) is 0 Å². The zero-order valence-corrected chi connectivity index (χ0v) is 16.4. The number of rotatable bonds is 7. The van der Waals surface area contributed by atoms with Gasteiger partial charge in [0, 0.05) is 35.5 Å². The van der Waals surface area contributed by atoms with Gasteiger partial charge in [-0.15, -0.1) is 0 Å². The van der Waals surface area contributed by atoms with Crippen molar-refractivity contribution in [3.63, 3.8) is 0 Å². The number of aromatic nitrogens is 2. The molecule has 0 radical (unpaired) electrons. The second-order valence-electron chi connectivity index (χ2n) is 5.85. The minimum absolute atomic E-state index is 0.265. The molecule has 140 valence electrons. The fourth-order valence-corrected chi connectivity index (χ4v) is 2.87. The zero-order chi connectivity index (χ0) is 19.4. The summed E-state index contributed by atoms with van der Waals surface area (Å²) in [6.07, 6.45) is 1.51. The van der Waals surface area contributed by atoms with Crippen molar-refractivity contribution < 1.29 is 18.8 Å². The summed E-state index contributed by atoms with van der Waals surface area (Å²) in [7, 11) is 1.56. The number of methoxy groups -OCH3 is 1. The second-order valence-corrected chi connectivity index (χ2v) is 6.76. The third-order valence-electron chi connectivity index (χ3n) is 3.99. The normalized spacial score (nSPS) is 10.8. The van der Waals surface area contributed by atoms with Gasteiger partial charge in [-0.2, -0.15) is 0 Å². The van der Waals surface area contributed by atoms with Crippen LogP contribution in [0.15, 0.2) is 45.5 Å². The van der Waals surface area contributed by atoms with Gasteiger partial charge in [0.05, 0.1) is 12.2 Å². The molecule has 0 aliphatic heterocycles. The molecule has 0 saturated carbocycles. The number of benzene rings is 1. The van der Waals surface area contributed by atoms with Crippen LogP contribution in [-0.4, -0.2) is 42.1 Å². The van der Waals surface area contributed by atoms with Gasteiger partial charge in [-0.05, 0) is 25.1 Å². The highest BCUT2D eigenvalue weighted by molar-refractivity contribution is 9.10. The van der Waals surface area contributed by atoms with E-state index in [1.54, 1.807) is 14.0 Å². The number of halogens is 1. The monoisotopic (exact) mass is 431 g/mol. The molecule has 3 rings (SSSR count). The number of hydrogen-bond donors (Lipinski definition) is 2. The highest BCUT2D eigenvalue weighted by atomic mass is 79.9. The Kier molecular flexibility index (Phi) is 5.88. The fourth-order valence-electron chi connectivity index (χ4n) is 2.61. The van der Waals surface area contributed by atoms with Crippen LogP contribution < -0.4 is 5.32 Å². The Labute approximate surface area is 164 Å². The fraction of sp³-hybridized carbons (Fsp3) is 0.211. The molecule has 7 nitrogen and oxygen atoms in total. The summed E-state index contributed by atoms with van der Waals surface area (Å²) in [6.45, 7) is 2.48. The van der Waals surface area contributed by atoms with Crippen LogP contribution in [0.2, 0.25) is 0 Å². The molecule has 0 aliphatic rings. The van der Waals surface area contributed by atoms with Crippen LogP contribution in [0, 0.1) is 6.92 Å². The number of ketones is 1. The quantitative estimate of drug-likeness (QED) is 0.441. The summed E-state index contributed by atoms with van der Waals surface area (Å²) in [5.74, 6) is -0.148. The van der Waals surface area contributed by atoms with Crippen molar-refractivity contribution in [3.8, 4) is 11.3 Å². The van der Waals surface area contributed by atoms with Gasteiger partial charge in [0.25, 0.3) is 5.91 Å². The predicted octanol–water partition coefficient (Wildman–Crippen LogP) is 3.35. The SMILES string of the molecule is COCCNC(=O)c1cc(C(=O)c2c(-c3ccc(Br)cc3)noc2C)c[nH]1. The summed E-state index contributed by atoms with van der Waals surface area (Å²) in [5, 5.41) is 6.74. The van der Waals surface area contributed by atoms with E-state index in [2.05, 4.69) is 31.4 Å². The third kappa shape index (κ3) is 4.17.